The molecule has 0 aliphatic heterocycles. The second-order valence-electron chi connectivity index (χ2n) is 4.15. The van der Waals surface area contributed by atoms with Crippen LogP contribution in [0.5, 0.6) is 0 Å². The lowest BCUT2D eigenvalue weighted by Gasteiger charge is -2.04. The highest BCUT2D eigenvalue weighted by Gasteiger charge is 2.11. The zero-order valence-corrected chi connectivity index (χ0v) is 13.3. The number of carbonyl (C=O) groups is 2. The minimum Gasteiger partial charge on any atom is -0.459 e. The molecular weight excluding hydrogens is 328 g/mol. The SMILES string of the molecule is Cl.NCCc1nc(C(=O)NCCNC(=O)c2ccco2)cs1. The normalized spacial score (nSPS) is 9.86. The third-order valence-corrected chi connectivity index (χ3v) is 3.49. The molecule has 0 saturated carbocycles. The van der Waals surface area contributed by atoms with Crippen LogP contribution in [0.1, 0.15) is 26.1 Å². The van der Waals surface area contributed by atoms with E-state index in [4.69, 9.17) is 10.2 Å². The first kappa shape index (κ1) is 18.1. The quantitative estimate of drug-likeness (QED) is 0.644. The fourth-order valence-electron chi connectivity index (χ4n) is 1.59. The number of nitrogens with one attached hydrogen (secondary N) is 2. The van der Waals surface area contributed by atoms with Crippen molar-refractivity contribution < 1.29 is 14.0 Å². The van der Waals surface area contributed by atoms with Crippen molar-refractivity contribution in [2.24, 2.45) is 5.73 Å². The van der Waals surface area contributed by atoms with Crippen LogP contribution < -0.4 is 16.4 Å². The first-order chi connectivity index (χ1) is 10.2. The summed E-state index contributed by atoms with van der Waals surface area (Å²) in [5.41, 5.74) is 5.81. The van der Waals surface area contributed by atoms with Crippen LogP contribution >= 0.6 is 23.7 Å². The number of nitrogens with two attached hydrogens (primary N) is 1. The zero-order chi connectivity index (χ0) is 15.1. The molecule has 2 heterocycles. The molecule has 0 bridgehead atoms. The highest BCUT2D eigenvalue weighted by Crippen LogP contribution is 2.09. The molecule has 120 valence electrons. The Morgan fingerprint density at radius 2 is 2.00 bits per heavy atom. The highest BCUT2D eigenvalue weighted by atomic mass is 35.5. The van der Waals surface area contributed by atoms with Crippen molar-refractivity contribution in [2.75, 3.05) is 19.6 Å². The van der Waals surface area contributed by atoms with Gasteiger partial charge in [-0.1, -0.05) is 0 Å². The first-order valence-corrected chi connectivity index (χ1v) is 7.33. The number of carbonyl (C=O) groups excluding carboxylic acids is 2. The Morgan fingerprint density at radius 1 is 1.27 bits per heavy atom. The van der Waals surface area contributed by atoms with Crippen LogP contribution in [0.3, 0.4) is 0 Å². The number of thiazole rings is 1. The van der Waals surface area contributed by atoms with Gasteiger partial charge < -0.3 is 20.8 Å². The Labute approximate surface area is 137 Å². The molecule has 0 unspecified atom stereocenters. The Kier molecular flexibility index (Phi) is 7.58. The monoisotopic (exact) mass is 344 g/mol. The van der Waals surface area contributed by atoms with Gasteiger partial charge in [-0.15, -0.1) is 23.7 Å². The van der Waals surface area contributed by atoms with E-state index in [2.05, 4.69) is 15.6 Å². The van der Waals surface area contributed by atoms with Gasteiger partial charge in [-0.3, -0.25) is 9.59 Å². The van der Waals surface area contributed by atoms with Gasteiger partial charge in [-0.2, -0.15) is 0 Å². The lowest BCUT2D eigenvalue weighted by Crippen LogP contribution is -2.34. The van der Waals surface area contributed by atoms with Crippen molar-refractivity contribution in [3.05, 3.63) is 40.2 Å². The number of rotatable bonds is 7. The second kappa shape index (κ2) is 9.19. The van der Waals surface area contributed by atoms with E-state index < -0.39 is 0 Å². The molecule has 2 aromatic rings. The summed E-state index contributed by atoms with van der Waals surface area (Å²) >= 11 is 1.41. The van der Waals surface area contributed by atoms with E-state index in [0.717, 1.165) is 5.01 Å². The van der Waals surface area contributed by atoms with Crippen molar-refractivity contribution in [1.29, 1.82) is 0 Å². The van der Waals surface area contributed by atoms with Crippen molar-refractivity contribution in [1.82, 2.24) is 15.6 Å². The summed E-state index contributed by atoms with van der Waals surface area (Å²) in [6.45, 7) is 1.13. The molecule has 0 spiro atoms. The van der Waals surface area contributed by atoms with Gasteiger partial charge in [-0.05, 0) is 18.7 Å². The lowest BCUT2D eigenvalue weighted by molar-refractivity contribution is 0.0909. The summed E-state index contributed by atoms with van der Waals surface area (Å²) in [6.07, 6.45) is 2.09. The average molecular weight is 345 g/mol. The molecule has 9 heteroatoms. The minimum atomic E-state index is -0.312. The molecule has 4 N–H and O–H groups in total. The average Bonchev–Trinajstić information content (AvgIpc) is 3.14. The Balaban J connectivity index is 0.00000242. The molecule has 7 nitrogen and oxygen atoms in total. The molecule has 0 fully saturated rings. The van der Waals surface area contributed by atoms with Gasteiger partial charge in [0.15, 0.2) is 5.76 Å². The van der Waals surface area contributed by atoms with Crippen molar-refractivity contribution in [3.8, 4) is 0 Å². The molecule has 0 aliphatic carbocycles. The van der Waals surface area contributed by atoms with Gasteiger partial charge in [0.2, 0.25) is 0 Å². The van der Waals surface area contributed by atoms with Crippen LogP contribution in [0.4, 0.5) is 0 Å². The molecular formula is C13H17ClN4O3S. The molecule has 22 heavy (non-hydrogen) atoms. The second-order valence-corrected chi connectivity index (χ2v) is 5.10. The van der Waals surface area contributed by atoms with Crippen LogP contribution in [0.25, 0.3) is 0 Å². The number of hydrogen-bond acceptors (Lipinski definition) is 6. The van der Waals surface area contributed by atoms with Crippen LogP contribution in [0, 0.1) is 0 Å². The van der Waals surface area contributed by atoms with Crippen molar-refractivity contribution >= 4 is 35.6 Å². The van der Waals surface area contributed by atoms with Crippen LogP contribution in [-0.2, 0) is 6.42 Å². The predicted molar refractivity (Wildman–Crippen MR) is 85.5 cm³/mol. The summed E-state index contributed by atoms with van der Waals surface area (Å²) < 4.78 is 4.95. The van der Waals surface area contributed by atoms with E-state index in [1.807, 2.05) is 0 Å². The lowest BCUT2D eigenvalue weighted by atomic mass is 10.4. The van der Waals surface area contributed by atoms with Gasteiger partial charge in [0.1, 0.15) is 5.69 Å². The molecule has 2 amide bonds. The minimum absolute atomic E-state index is 0. The van der Waals surface area contributed by atoms with E-state index in [0.29, 0.717) is 31.7 Å². The van der Waals surface area contributed by atoms with Crippen LogP contribution in [0.2, 0.25) is 0 Å². The topological polar surface area (TPSA) is 110 Å². The Bertz CT molecular complexity index is 600. The maximum absolute atomic E-state index is 11.8. The molecule has 2 aromatic heterocycles. The van der Waals surface area contributed by atoms with Crippen molar-refractivity contribution in [2.45, 2.75) is 6.42 Å². The fraction of sp³-hybridized carbons (Fsp3) is 0.308. The van der Waals surface area contributed by atoms with Gasteiger partial charge >= 0.3 is 0 Å². The van der Waals surface area contributed by atoms with E-state index >= 15 is 0 Å². The highest BCUT2D eigenvalue weighted by molar-refractivity contribution is 7.09. The first-order valence-electron chi connectivity index (χ1n) is 6.45. The van der Waals surface area contributed by atoms with Gasteiger partial charge in [-0.25, -0.2) is 4.98 Å². The third kappa shape index (κ3) is 5.14. The molecule has 0 saturated heterocycles. The third-order valence-electron chi connectivity index (χ3n) is 2.58. The van der Waals surface area contributed by atoms with Gasteiger partial charge in [0.05, 0.1) is 11.3 Å². The summed E-state index contributed by atoms with van der Waals surface area (Å²) in [5, 5.41) is 7.86. The molecule has 0 radical (unpaired) electrons. The summed E-state index contributed by atoms with van der Waals surface area (Å²) in [5.74, 6) is -0.331. The van der Waals surface area contributed by atoms with Crippen molar-refractivity contribution in [3.63, 3.8) is 0 Å². The summed E-state index contributed by atoms with van der Waals surface area (Å²) in [6, 6.07) is 3.21. The predicted octanol–water partition coefficient (Wildman–Crippen LogP) is 0.819. The standard InChI is InChI=1S/C13H16N4O3S.ClH/c14-4-3-11-17-9(8-21-11)12(18)15-5-6-16-13(19)10-2-1-7-20-10;/h1-2,7-8H,3-6,14H2,(H,15,18)(H,16,19);1H. The molecule has 2 rings (SSSR count). The smallest absolute Gasteiger partial charge is 0.287 e. The number of halogens is 1. The number of hydrogen-bond donors (Lipinski definition) is 3. The number of aromatic nitrogens is 1. The van der Waals surface area contributed by atoms with E-state index in [1.165, 1.54) is 17.6 Å². The van der Waals surface area contributed by atoms with Gasteiger partial charge in [0, 0.05) is 24.9 Å². The molecule has 0 atom stereocenters. The van der Waals surface area contributed by atoms with E-state index in [-0.39, 0.29) is 30.0 Å². The summed E-state index contributed by atoms with van der Waals surface area (Å²) in [7, 11) is 0. The van der Waals surface area contributed by atoms with E-state index in [9.17, 15) is 9.59 Å². The number of nitrogens with zero attached hydrogens (tertiary/aromatic N) is 1. The Morgan fingerprint density at radius 3 is 2.64 bits per heavy atom. The molecule has 0 aromatic carbocycles. The maximum Gasteiger partial charge on any atom is 0.287 e. The molecule has 0 aliphatic rings. The van der Waals surface area contributed by atoms with E-state index in [1.54, 1.807) is 17.5 Å². The van der Waals surface area contributed by atoms with Gasteiger partial charge in [0.25, 0.3) is 11.8 Å². The fourth-order valence-corrected chi connectivity index (χ4v) is 2.39. The van der Waals surface area contributed by atoms with Crippen LogP contribution in [0.15, 0.2) is 28.2 Å². The maximum atomic E-state index is 11.8. The summed E-state index contributed by atoms with van der Waals surface area (Å²) in [4.78, 5) is 27.5. The number of amides is 2. The largest absolute Gasteiger partial charge is 0.459 e. The Hall–Kier alpha value is -1.90. The number of furan rings is 1. The zero-order valence-electron chi connectivity index (χ0n) is 11.7. The van der Waals surface area contributed by atoms with Crippen LogP contribution in [-0.4, -0.2) is 36.4 Å².